The van der Waals surface area contributed by atoms with E-state index in [1.54, 1.807) is 0 Å². The van der Waals surface area contributed by atoms with Crippen LogP contribution in [0.5, 0.6) is 0 Å². The van der Waals surface area contributed by atoms with Crippen LogP contribution in [0.2, 0.25) is 0 Å². The minimum absolute atomic E-state index is 0.0641. The van der Waals surface area contributed by atoms with E-state index in [0.717, 1.165) is 5.01 Å². The highest BCUT2D eigenvalue weighted by molar-refractivity contribution is 5.95. The average molecular weight is 171 g/mol. The third-order valence-corrected chi connectivity index (χ3v) is 1.34. The van der Waals surface area contributed by atoms with E-state index in [-0.39, 0.29) is 5.70 Å². The predicted molar refractivity (Wildman–Crippen MR) is 39.4 cm³/mol. The van der Waals surface area contributed by atoms with Crippen molar-refractivity contribution >= 4 is 12.3 Å². The Bertz CT molecular complexity index is 238. The molecule has 0 fully saturated rings. The monoisotopic (exact) mass is 171 g/mol. The van der Waals surface area contributed by atoms with Crippen molar-refractivity contribution in [1.29, 1.82) is 0 Å². The number of hydrogen-bond acceptors (Lipinski definition) is 5. The van der Waals surface area contributed by atoms with Crippen LogP contribution >= 0.6 is 0 Å². The van der Waals surface area contributed by atoms with Gasteiger partial charge in [-0.25, -0.2) is 5.84 Å². The third-order valence-electron chi connectivity index (χ3n) is 1.34. The molecule has 66 valence electrons. The number of hydrazine groups is 1. The lowest BCUT2D eigenvalue weighted by atomic mass is 10.4. The molecule has 1 unspecified atom stereocenters. The van der Waals surface area contributed by atoms with Crippen LogP contribution in [0.3, 0.4) is 0 Å². The zero-order valence-corrected chi connectivity index (χ0v) is 6.15. The van der Waals surface area contributed by atoms with Crippen molar-refractivity contribution in [2.24, 2.45) is 11.6 Å². The van der Waals surface area contributed by atoms with Gasteiger partial charge in [-0.1, -0.05) is 0 Å². The summed E-state index contributed by atoms with van der Waals surface area (Å²) in [5.74, 6) is 4.86. The van der Waals surface area contributed by atoms with E-state index < -0.39 is 12.2 Å². The Labute approximate surface area is 68.3 Å². The van der Waals surface area contributed by atoms with E-state index in [9.17, 15) is 9.59 Å². The molecule has 0 aliphatic carbocycles. The number of nitrogens with zero attached hydrogens (tertiary/aromatic N) is 1. The first kappa shape index (κ1) is 8.50. The second-order valence-electron chi connectivity index (χ2n) is 2.17. The molecular formula is C5H9N5O2. The van der Waals surface area contributed by atoms with Gasteiger partial charge in [0.2, 0.25) is 6.41 Å². The van der Waals surface area contributed by atoms with E-state index in [2.05, 4.69) is 10.6 Å². The van der Waals surface area contributed by atoms with Gasteiger partial charge in [0.15, 0.2) is 6.29 Å². The van der Waals surface area contributed by atoms with Crippen LogP contribution in [0.25, 0.3) is 0 Å². The maximum Gasteiger partial charge on any atom is 0.271 e. The van der Waals surface area contributed by atoms with E-state index in [0.29, 0.717) is 6.41 Å². The van der Waals surface area contributed by atoms with E-state index in [1.807, 2.05) is 0 Å². The summed E-state index contributed by atoms with van der Waals surface area (Å²) in [6.07, 6.45) is 0.878. The minimum Gasteiger partial charge on any atom is -0.323 e. The molecule has 0 saturated carbocycles. The second-order valence-corrected chi connectivity index (χ2v) is 2.17. The van der Waals surface area contributed by atoms with Crippen LogP contribution in [0, 0.1) is 0 Å². The predicted octanol–water partition coefficient (Wildman–Crippen LogP) is -2.88. The molecule has 0 bridgehead atoms. The van der Waals surface area contributed by atoms with Crippen molar-refractivity contribution in [3.8, 4) is 0 Å². The molecule has 12 heavy (non-hydrogen) atoms. The number of amides is 2. The molecule has 1 rings (SSSR count). The van der Waals surface area contributed by atoms with Crippen molar-refractivity contribution < 1.29 is 9.59 Å². The maximum absolute atomic E-state index is 11.0. The number of rotatable bonds is 2. The summed E-state index contributed by atoms with van der Waals surface area (Å²) in [6.45, 7) is 0. The van der Waals surface area contributed by atoms with E-state index in [4.69, 9.17) is 11.6 Å². The fourth-order valence-electron chi connectivity index (χ4n) is 0.741. The molecule has 0 aromatic carbocycles. The number of hydrogen-bond donors (Lipinski definition) is 4. The summed E-state index contributed by atoms with van der Waals surface area (Å²) in [5.41, 5.74) is 5.40. The normalized spacial score (nSPS) is 22.8. The van der Waals surface area contributed by atoms with Crippen LogP contribution in [-0.2, 0) is 9.59 Å². The van der Waals surface area contributed by atoms with Crippen LogP contribution in [0.1, 0.15) is 0 Å². The quantitative estimate of drug-likeness (QED) is 0.263. The highest BCUT2D eigenvalue weighted by Gasteiger charge is 2.21. The Morgan fingerprint density at radius 1 is 1.75 bits per heavy atom. The Morgan fingerprint density at radius 2 is 2.42 bits per heavy atom. The van der Waals surface area contributed by atoms with Gasteiger partial charge in [0.25, 0.3) is 5.91 Å². The Kier molecular flexibility index (Phi) is 2.26. The summed E-state index contributed by atoms with van der Waals surface area (Å²) >= 11 is 0. The smallest absolute Gasteiger partial charge is 0.271 e. The van der Waals surface area contributed by atoms with E-state index >= 15 is 0 Å². The molecule has 1 aliphatic heterocycles. The molecule has 0 aromatic heterocycles. The molecule has 7 nitrogen and oxygen atoms in total. The fourth-order valence-corrected chi connectivity index (χ4v) is 0.741. The molecule has 1 aliphatic rings. The number of nitrogens with two attached hydrogens (primary N) is 2. The molecule has 1 atom stereocenters. The molecule has 1 heterocycles. The zero-order valence-electron chi connectivity index (χ0n) is 6.15. The summed E-state index contributed by atoms with van der Waals surface area (Å²) in [4.78, 5) is 21.0. The van der Waals surface area contributed by atoms with Gasteiger partial charge in [0.1, 0.15) is 5.70 Å². The van der Waals surface area contributed by atoms with Gasteiger partial charge in [-0.2, -0.15) is 0 Å². The molecular weight excluding hydrogens is 162 g/mol. The summed E-state index contributed by atoms with van der Waals surface area (Å²) in [6, 6.07) is 0. The Morgan fingerprint density at radius 3 is 3.00 bits per heavy atom. The number of carbonyl (C=O) groups is 2. The first-order valence-corrected chi connectivity index (χ1v) is 3.16. The van der Waals surface area contributed by atoms with Gasteiger partial charge in [-0.15, -0.1) is 0 Å². The fraction of sp³-hybridized carbons (Fsp3) is 0.200. The van der Waals surface area contributed by atoms with Crippen LogP contribution < -0.4 is 22.2 Å². The van der Waals surface area contributed by atoms with Gasteiger partial charge in [-0.05, 0) is 0 Å². The lowest BCUT2D eigenvalue weighted by molar-refractivity contribution is -0.122. The van der Waals surface area contributed by atoms with Crippen molar-refractivity contribution in [2.75, 3.05) is 0 Å². The van der Waals surface area contributed by atoms with Crippen molar-refractivity contribution in [3.63, 3.8) is 0 Å². The molecule has 6 N–H and O–H groups in total. The third kappa shape index (κ3) is 1.52. The van der Waals surface area contributed by atoms with Gasteiger partial charge >= 0.3 is 0 Å². The highest BCUT2D eigenvalue weighted by atomic mass is 16.2. The van der Waals surface area contributed by atoms with Gasteiger partial charge in [0, 0.05) is 6.20 Å². The lowest BCUT2D eigenvalue weighted by Crippen LogP contribution is -2.59. The Balaban J connectivity index is 2.77. The van der Waals surface area contributed by atoms with Crippen molar-refractivity contribution in [1.82, 2.24) is 15.6 Å². The van der Waals surface area contributed by atoms with Gasteiger partial charge < -0.3 is 10.6 Å². The summed E-state index contributed by atoms with van der Waals surface area (Å²) in [5, 5.41) is 5.57. The van der Waals surface area contributed by atoms with Crippen molar-refractivity contribution in [2.45, 2.75) is 6.29 Å². The van der Waals surface area contributed by atoms with Crippen LogP contribution in [0.4, 0.5) is 0 Å². The topological polar surface area (TPSA) is 113 Å². The maximum atomic E-state index is 11.0. The molecule has 7 heteroatoms. The lowest BCUT2D eigenvalue weighted by Gasteiger charge is -2.28. The standard InChI is InChI=1S/C5H9N5O2/c6-5-9-4(12)3(8-2-11)1-10(5)7/h1-2,5H,6-7H2,(H,8,11)(H,9,12). The highest BCUT2D eigenvalue weighted by Crippen LogP contribution is 1.98. The molecule has 0 spiro atoms. The first-order chi connectivity index (χ1) is 5.65. The van der Waals surface area contributed by atoms with Gasteiger partial charge in [0.05, 0.1) is 0 Å². The van der Waals surface area contributed by atoms with Gasteiger partial charge in [-0.3, -0.25) is 20.3 Å². The minimum atomic E-state index is -0.755. The Hall–Kier alpha value is -1.60. The molecule has 2 amide bonds. The summed E-state index contributed by atoms with van der Waals surface area (Å²) in [7, 11) is 0. The van der Waals surface area contributed by atoms with Crippen LogP contribution in [-0.4, -0.2) is 23.6 Å². The largest absolute Gasteiger partial charge is 0.323 e. The zero-order chi connectivity index (χ0) is 9.14. The first-order valence-electron chi connectivity index (χ1n) is 3.16. The van der Waals surface area contributed by atoms with Crippen molar-refractivity contribution in [3.05, 3.63) is 11.9 Å². The number of nitrogens with one attached hydrogen (secondary N) is 2. The summed E-state index contributed by atoms with van der Waals surface area (Å²) < 4.78 is 0. The molecule has 0 radical (unpaired) electrons. The van der Waals surface area contributed by atoms with E-state index in [1.165, 1.54) is 6.20 Å². The average Bonchev–Trinajstić information content (AvgIpc) is 2.01. The molecule has 0 saturated heterocycles. The SMILES string of the molecule is NC1NC(=O)C(NC=O)=CN1N. The van der Waals surface area contributed by atoms with Crippen LogP contribution in [0.15, 0.2) is 11.9 Å². The molecule has 0 aromatic rings. The number of carbonyl (C=O) groups excluding carboxylic acids is 2. The second kappa shape index (κ2) is 3.20.